The Kier molecular flexibility index (Phi) is 7.21. The Morgan fingerprint density at radius 1 is 0.755 bits per heavy atom. The predicted octanol–water partition coefficient (Wildman–Crippen LogP) is 9.53. The Hall–Kier alpha value is -4.99. The summed E-state index contributed by atoms with van der Waals surface area (Å²) >= 11 is 0. The van der Waals surface area contributed by atoms with Gasteiger partial charge in [0.15, 0.2) is 0 Å². The third kappa shape index (κ3) is 4.86. The van der Waals surface area contributed by atoms with Gasteiger partial charge in [0.25, 0.3) is 6.33 Å². The molecule has 0 aliphatic carbocycles. The van der Waals surface area contributed by atoms with E-state index in [0.29, 0.717) is 11.5 Å². The van der Waals surface area contributed by atoms with Crippen molar-refractivity contribution in [2.45, 2.75) is 45.4 Å². The molecule has 1 aliphatic rings. The molecule has 0 atom stereocenters. The molecule has 0 unspecified atom stereocenters. The van der Waals surface area contributed by atoms with E-state index in [2.05, 4.69) is 158 Å². The molecule has 4 heterocycles. The topological polar surface area (TPSA) is 35.9 Å². The molecule has 0 saturated carbocycles. The summed E-state index contributed by atoms with van der Waals surface area (Å²) in [6.07, 6.45) is 5.54. The number of imidazole rings is 1. The van der Waals surface area contributed by atoms with Gasteiger partial charge in [0.2, 0.25) is 0 Å². The predicted molar refractivity (Wildman–Crippen MR) is 191 cm³/mol. The standard InChI is InChI=1S/C43H34N4O.Pt/c1-42(2,3)28-22-23-44-40(24-28)47-36-16-10-9-14-32(36)33-20-18-30(25-38(33)47)48-31-19-21-34-39(26-31)46-27-45(29-12-7-6-8-13-29)37-17-11-15-35(41(37)46)43(34,4)5;/h6-24H,1-5H3;/q-2;. The van der Waals surface area contributed by atoms with Gasteiger partial charge < -0.3 is 13.9 Å². The maximum absolute atomic E-state index is 6.58. The molecule has 244 valence electrons. The van der Waals surface area contributed by atoms with Crippen molar-refractivity contribution in [3.05, 3.63) is 151 Å². The number of nitrogens with zero attached hydrogens (tertiary/aromatic N) is 4. The van der Waals surface area contributed by atoms with Crippen LogP contribution in [0.15, 0.2) is 115 Å². The average molecular weight is 818 g/mol. The van der Waals surface area contributed by atoms with E-state index in [-0.39, 0.29) is 31.9 Å². The molecule has 0 radical (unpaired) electrons. The van der Waals surface area contributed by atoms with Crippen molar-refractivity contribution in [2.75, 3.05) is 0 Å². The van der Waals surface area contributed by atoms with Crippen LogP contribution >= 0.6 is 0 Å². The van der Waals surface area contributed by atoms with Crippen molar-refractivity contribution in [3.63, 3.8) is 0 Å². The Labute approximate surface area is 300 Å². The Morgan fingerprint density at radius 2 is 1.51 bits per heavy atom. The molecule has 5 nitrogen and oxygen atoms in total. The first-order chi connectivity index (χ1) is 23.2. The van der Waals surface area contributed by atoms with Crippen molar-refractivity contribution in [1.29, 1.82) is 0 Å². The van der Waals surface area contributed by atoms with Gasteiger partial charge >= 0.3 is 0 Å². The summed E-state index contributed by atoms with van der Waals surface area (Å²) < 4.78 is 13.0. The fourth-order valence-electron chi connectivity index (χ4n) is 7.24. The zero-order valence-corrected chi connectivity index (χ0v) is 30.3. The summed E-state index contributed by atoms with van der Waals surface area (Å²) in [5, 5.41) is 2.25. The van der Waals surface area contributed by atoms with Gasteiger partial charge in [-0.25, -0.2) is 4.98 Å². The third-order valence-electron chi connectivity index (χ3n) is 9.78. The molecule has 3 aromatic heterocycles. The van der Waals surface area contributed by atoms with E-state index in [4.69, 9.17) is 9.72 Å². The molecular formula is C43H34N4OPt-2. The van der Waals surface area contributed by atoms with Crippen LogP contribution in [0.25, 0.3) is 50.0 Å². The molecule has 0 bridgehead atoms. The molecule has 0 fully saturated rings. The van der Waals surface area contributed by atoms with Crippen molar-refractivity contribution >= 4 is 32.8 Å². The second-order valence-electron chi connectivity index (χ2n) is 14.2. The second-order valence-corrected chi connectivity index (χ2v) is 14.2. The van der Waals surface area contributed by atoms with Crippen LogP contribution in [-0.2, 0) is 31.9 Å². The van der Waals surface area contributed by atoms with Gasteiger partial charge in [0, 0.05) is 44.3 Å². The molecule has 49 heavy (non-hydrogen) atoms. The van der Waals surface area contributed by atoms with Crippen LogP contribution < -0.4 is 9.30 Å². The minimum absolute atomic E-state index is 0. The zero-order valence-electron chi connectivity index (χ0n) is 28.0. The molecule has 0 spiro atoms. The zero-order chi connectivity index (χ0) is 32.8. The van der Waals surface area contributed by atoms with Crippen molar-refractivity contribution < 1.29 is 30.4 Å². The van der Waals surface area contributed by atoms with Gasteiger partial charge in [-0.2, -0.15) is 12.1 Å². The molecule has 9 rings (SSSR count). The summed E-state index contributed by atoms with van der Waals surface area (Å²) in [4.78, 5) is 4.82. The Morgan fingerprint density at radius 3 is 2.33 bits per heavy atom. The first-order valence-corrected chi connectivity index (χ1v) is 16.4. The second kappa shape index (κ2) is 11.3. The van der Waals surface area contributed by atoms with Gasteiger partial charge in [-0.15, -0.1) is 35.2 Å². The van der Waals surface area contributed by atoms with Gasteiger partial charge in [-0.3, -0.25) is 4.57 Å². The van der Waals surface area contributed by atoms with Gasteiger partial charge in [0.1, 0.15) is 5.82 Å². The number of para-hydroxylation sites is 3. The Bertz CT molecular complexity index is 2550. The molecule has 0 saturated heterocycles. The molecule has 1 aliphatic heterocycles. The minimum Gasteiger partial charge on any atom is -0.510 e. The van der Waals surface area contributed by atoms with Crippen LogP contribution in [0.2, 0.25) is 0 Å². The Balaban J connectivity index is 0.00000348. The monoisotopic (exact) mass is 817 g/mol. The molecule has 6 heteroatoms. The number of ether oxygens (including phenoxy) is 1. The van der Waals surface area contributed by atoms with Crippen LogP contribution in [0.4, 0.5) is 0 Å². The van der Waals surface area contributed by atoms with Crippen LogP contribution in [0, 0.1) is 18.5 Å². The maximum Gasteiger partial charge on any atom is 0.268 e. The van der Waals surface area contributed by atoms with E-state index in [1.54, 1.807) is 0 Å². The summed E-state index contributed by atoms with van der Waals surface area (Å²) in [5.74, 6) is 2.10. The summed E-state index contributed by atoms with van der Waals surface area (Å²) in [6.45, 7) is 11.2. The third-order valence-corrected chi connectivity index (χ3v) is 9.78. The molecular weight excluding hydrogens is 784 g/mol. The maximum atomic E-state index is 6.58. The molecule has 8 aromatic rings. The quantitative estimate of drug-likeness (QED) is 0.131. The summed E-state index contributed by atoms with van der Waals surface area (Å²) in [7, 11) is 0. The number of rotatable bonds is 4. The van der Waals surface area contributed by atoms with E-state index in [0.717, 1.165) is 50.0 Å². The van der Waals surface area contributed by atoms with Gasteiger partial charge in [0.05, 0.1) is 16.7 Å². The van der Waals surface area contributed by atoms with Crippen LogP contribution in [-0.4, -0.2) is 14.1 Å². The fraction of sp³-hybridized carbons (Fsp3) is 0.163. The number of fused-ring (bicyclic) bond motifs is 5. The number of pyridine rings is 1. The number of hydrogen-bond acceptors (Lipinski definition) is 2. The SMILES string of the molecule is CC(C)(C)c1ccnc(-n2c3[c-]c(Oc4[c-]c5c(cc4)C(C)(C)c4cccc6c4n-5[c-][n+]6-c4ccccc4)ccc3c3ccccc32)c1.[Pt]. The smallest absolute Gasteiger partial charge is 0.268 e. The van der Waals surface area contributed by atoms with Crippen molar-refractivity contribution in [3.8, 4) is 28.7 Å². The molecule has 5 aromatic carbocycles. The minimum atomic E-state index is -0.235. The molecule has 0 N–H and O–H groups in total. The van der Waals surface area contributed by atoms with Crippen LogP contribution in [0.5, 0.6) is 11.5 Å². The van der Waals surface area contributed by atoms with Gasteiger partial charge in [-0.1, -0.05) is 94.7 Å². The van der Waals surface area contributed by atoms with Crippen molar-refractivity contribution in [2.24, 2.45) is 0 Å². The number of benzene rings is 5. The fourth-order valence-corrected chi connectivity index (χ4v) is 7.24. The van der Waals surface area contributed by atoms with E-state index in [1.807, 2.05) is 24.4 Å². The molecule has 0 amide bonds. The van der Waals surface area contributed by atoms with Crippen molar-refractivity contribution in [1.82, 2.24) is 14.1 Å². The number of hydrogen-bond donors (Lipinski definition) is 0. The van der Waals surface area contributed by atoms with E-state index in [1.165, 1.54) is 16.7 Å². The summed E-state index contributed by atoms with van der Waals surface area (Å²) in [6, 6.07) is 45.2. The van der Waals surface area contributed by atoms with E-state index < -0.39 is 0 Å². The van der Waals surface area contributed by atoms with E-state index >= 15 is 0 Å². The van der Waals surface area contributed by atoms with E-state index in [9.17, 15) is 0 Å². The largest absolute Gasteiger partial charge is 0.510 e. The first kappa shape index (κ1) is 31.3. The first-order valence-electron chi connectivity index (χ1n) is 16.4. The van der Waals surface area contributed by atoms with Crippen LogP contribution in [0.1, 0.15) is 51.3 Å². The number of aromatic nitrogens is 4. The normalized spacial score (nSPS) is 13.4. The average Bonchev–Trinajstić information content (AvgIpc) is 3.64. The van der Waals surface area contributed by atoms with Crippen LogP contribution in [0.3, 0.4) is 0 Å². The summed E-state index contributed by atoms with van der Waals surface area (Å²) in [5.41, 5.74) is 9.66. The van der Waals surface area contributed by atoms with Gasteiger partial charge in [-0.05, 0) is 63.4 Å².